The van der Waals surface area contributed by atoms with Crippen molar-refractivity contribution < 1.29 is 9.18 Å². The number of hydrogen-bond acceptors (Lipinski definition) is 1. The highest BCUT2D eigenvalue weighted by atomic mass is 35.5. The van der Waals surface area contributed by atoms with Crippen molar-refractivity contribution in [2.75, 3.05) is 0 Å². The molecule has 0 heterocycles. The van der Waals surface area contributed by atoms with Crippen molar-refractivity contribution in [3.05, 3.63) is 34.6 Å². The summed E-state index contributed by atoms with van der Waals surface area (Å²) in [6.07, 6.45) is 1.36. The van der Waals surface area contributed by atoms with Crippen LogP contribution in [0.25, 0.3) is 0 Å². The second-order valence-corrected chi connectivity index (χ2v) is 4.08. The van der Waals surface area contributed by atoms with Crippen molar-refractivity contribution >= 4 is 17.4 Å². The standard InChI is InChI=1S/C12H14ClFO/c1-3-10(8(2)15)6-9-4-5-11(13)12(14)7-9/h4-5,7,10H,3,6H2,1-2H3. The van der Waals surface area contributed by atoms with E-state index < -0.39 is 5.82 Å². The van der Waals surface area contributed by atoms with Crippen molar-refractivity contribution in [3.63, 3.8) is 0 Å². The van der Waals surface area contributed by atoms with Gasteiger partial charge in [-0.15, -0.1) is 0 Å². The molecule has 0 radical (unpaired) electrons. The van der Waals surface area contributed by atoms with Gasteiger partial charge in [0.1, 0.15) is 11.6 Å². The first-order valence-corrected chi connectivity index (χ1v) is 5.36. The van der Waals surface area contributed by atoms with Crippen LogP contribution in [-0.4, -0.2) is 5.78 Å². The van der Waals surface area contributed by atoms with E-state index in [2.05, 4.69) is 0 Å². The second-order valence-electron chi connectivity index (χ2n) is 3.67. The molecule has 0 aliphatic rings. The molecule has 82 valence electrons. The molecule has 0 saturated heterocycles. The predicted octanol–water partition coefficient (Wildman–Crippen LogP) is 3.64. The third kappa shape index (κ3) is 3.31. The average molecular weight is 229 g/mol. The highest BCUT2D eigenvalue weighted by Gasteiger charge is 2.13. The van der Waals surface area contributed by atoms with E-state index in [-0.39, 0.29) is 16.7 Å². The Morgan fingerprint density at radius 2 is 2.20 bits per heavy atom. The number of Topliss-reactive ketones (excluding diaryl/α,β-unsaturated/α-hetero) is 1. The smallest absolute Gasteiger partial charge is 0.142 e. The van der Waals surface area contributed by atoms with Gasteiger partial charge in [0.25, 0.3) is 0 Å². The molecular weight excluding hydrogens is 215 g/mol. The van der Waals surface area contributed by atoms with Crippen molar-refractivity contribution in [3.8, 4) is 0 Å². The zero-order valence-corrected chi connectivity index (χ0v) is 9.64. The summed E-state index contributed by atoms with van der Waals surface area (Å²) in [5, 5.41) is 0.120. The first-order chi connectivity index (χ1) is 7.04. The molecule has 1 aromatic rings. The number of carbonyl (C=O) groups excluding carboxylic acids is 1. The molecule has 0 aliphatic carbocycles. The average Bonchev–Trinajstić information content (AvgIpc) is 2.19. The van der Waals surface area contributed by atoms with Crippen molar-refractivity contribution in [2.45, 2.75) is 26.7 Å². The van der Waals surface area contributed by atoms with Crippen molar-refractivity contribution in [1.82, 2.24) is 0 Å². The Labute approximate surface area is 94.3 Å². The number of carbonyl (C=O) groups is 1. The minimum absolute atomic E-state index is 0.0226. The van der Waals surface area contributed by atoms with Crippen LogP contribution >= 0.6 is 11.6 Å². The number of ketones is 1. The number of halogens is 2. The van der Waals surface area contributed by atoms with Crippen molar-refractivity contribution in [1.29, 1.82) is 0 Å². The Hall–Kier alpha value is -0.890. The number of hydrogen-bond donors (Lipinski definition) is 0. The third-order valence-electron chi connectivity index (χ3n) is 2.53. The maximum absolute atomic E-state index is 13.1. The molecule has 1 atom stereocenters. The zero-order valence-electron chi connectivity index (χ0n) is 8.89. The lowest BCUT2D eigenvalue weighted by molar-refractivity contribution is -0.120. The summed E-state index contributed by atoms with van der Waals surface area (Å²) < 4.78 is 13.1. The molecule has 0 fully saturated rings. The van der Waals surface area contributed by atoms with Gasteiger partial charge < -0.3 is 0 Å². The summed E-state index contributed by atoms with van der Waals surface area (Å²) in [5.74, 6) is -0.300. The lowest BCUT2D eigenvalue weighted by atomic mass is 9.94. The molecule has 1 rings (SSSR count). The summed E-state index contributed by atoms with van der Waals surface area (Å²) in [6, 6.07) is 4.68. The first-order valence-electron chi connectivity index (χ1n) is 4.99. The van der Waals surface area contributed by atoms with Gasteiger partial charge in [-0.25, -0.2) is 4.39 Å². The molecule has 3 heteroatoms. The Morgan fingerprint density at radius 3 is 2.67 bits per heavy atom. The SMILES string of the molecule is CCC(Cc1ccc(Cl)c(F)c1)C(C)=O. The molecule has 1 nitrogen and oxygen atoms in total. The summed E-state index contributed by atoms with van der Waals surface area (Å²) in [4.78, 5) is 11.2. The lowest BCUT2D eigenvalue weighted by Gasteiger charge is -2.11. The summed E-state index contributed by atoms with van der Waals surface area (Å²) in [7, 11) is 0. The Kier molecular flexibility index (Phi) is 4.28. The fourth-order valence-electron chi connectivity index (χ4n) is 1.53. The maximum Gasteiger partial charge on any atom is 0.142 e. The van der Waals surface area contributed by atoms with Gasteiger partial charge in [-0.1, -0.05) is 24.6 Å². The molecular formula is C12H14ClFO. The van der Waals surface area contributed by atoms with Crippen LogP contribution in [0.3, 0.4) is 0 Å². The van der Waals surface area contributed by atoms with E-state index >= 15 is 0 Å². The van der Waals surface area contributed by atoms with Crippen LogP contribution in [0, 0.1) is 11.7 Å². The molecule has 0 aliphatic heterocycles. The van der Waals surface area contributed by atoms with E-state index in [9.17, 15) is 9.18 Å². The highest BCUT2D eigenvalue weighted by Crippen LogP contribution is 2.19. The molecule has 0 N–H and O–H groups in total. The molecule has 1 unspecified atom stereocenters. The zero-order chi connectivity index (χ0) is 11.4. The van der Waals surface area contributed by atoms with E-state index in [0.717, 1.165) is 12.0 Å². The predicted molar refractivity (Wildman–Crippen MR) is 59.6 cm³/mol. The van der Waals surface area contributed by atoms with Gasteiger partial charge in [0.05, 0.1) is 5.02 Å². The van der Waals surface area contributed by atoms with E-state index in [1.54, 1.807) is 13.0 Å². The molecule has 0 amide bonds. The quantitative estimate of drug-likeness (QED) is 0.769. The Bertz CT molecular complexity index is 363. The summed E-state index contributed by atoms with van der Waals surface area (Å²) >= 11 is 5.57. The van der Waals surface area contributed by atoms with Gasteiger partial charge >= 0.3 is 0 Å². The molecule has 0 spiro atoms. The molecule has 1 aromatic carbocycles. The minimum Gasteiger partial charge on any atom is -0.300 e. The monoisotopic (exact) mass is 228 g/mol. The topological polar surface area (TPSA) is 17.1 Å². The molecule has 15 heavy (non-hydrogen) atoms. The molecule has 0 saturated carbocycles. The van der Waals surface area contributed by atoms with E-state index in [1.807, 2.05) is 6.92 Å². The van der Waals surface area contributed by atoms with Crippen LogP contribution in [0.5, 0.6) is 0 Å². The number of benzene rings is 1. The minimum atomic E-state index is -0.424. The van der Waals surface area contributed by atoms with Crippen LogP contribution in [0.1, 0.15) is 25.8 Å². The van der Waals surface area contributed by atoms with E-state index in [1.165, 1.54) is 12.1 Å². The van der Waals surface area contributed by atoms with Gasteiger partial charge in [-0.05, 0) is 37.5 Å². The second kappa shape index (κ2) is 5.26. The van der Waals surface area contributed by atoms with Crippen LogP contribution in [0.2, 0.25) is 5.02 Å². The van der Waals surface area contributed by atoms with Crippen LogP contribution in [0.15, 0.2) is 18.2 Å². The van der Waals surface area contributed by atoms with Gasteiger partial charge in [-0.3, -0.25) is 4.79 Å². The Balaban J connectivity index is 2.80. The lowest BCUT2D eigenvalue weighted by Crippen LogP contribution is -2.12. The van der Waals surface area contributed by atoms with Gasteiger partial charge in [0.15, 0.2) is 0 Å². The highest BCUT2D eigenvalue weighted by molar-refractivity contribution is 6.30. The van der Waals surface area contributed by atoms with Crippen molar-refractivity contribution in [2.24, 2.45) is 5.92 Å². The molecule has 0 aromatic heterocycles. The van der Waals surface area contributed by atoms with Crippen LogP contribution < -0.4 is 0 Å². The number of rotatable bonds is 4. The fourth-order valence-corrected chi connectivity index (χ4v) is 1.64. The summed E-state index contributed by atoms with van der Waals surface area (Å²) in [6.45, 7) is 3.53. The largest absolute Gasteiger partial charge is 0.300 e. The Morgan fingerprint density at radius 1 is 1.53 bits per heavy atom. The first kappa shape index (κ1) is 12.2. The van der Waals surface area contributed by atoms with Crippen LogP contribution in [-0.2, 0) is 11.2 Å². The van der Waals surface area contributed by atoms with Gasteiger partial charge in [0.2, 0.25) is 0 Å². The van der Waals surface area contributed by atoms with Gasteiger partial charge in [0, 0.05) is 5.92 Å². The fraction of sp³-hybridized carbons (Fsp3) is 0.417. The summed E-state index contributed by atoms with van der Waals surface area (Å²) in [5.41, 5.74) is 0.818. The van der Waals surface area contributed by atoms with E-state index in [0.29, 0.717) is 6.42 Å². The maximum atomic E-state index is 13.1. The molecule has 0 bridgehead atoms. The normalized spacial score (nSPS) is 12.5. The van der Waals surface area contributed by atoms with Crippen LogP contribution in [0.4, 0.5) is 4.39 Å². The van der Waals surface area contributed by atoms with E-state index in [4.69, 9.17) is 11.6 Å². The third-order valence-corrected chi connectivity index (χ3v) is 2.84. The van der Waals surface area contributed by atoms with Gasteiger partial charge in [-0.2, -0.15) is 0 Å².